The molecular weight excluding hydrogens is 596 g/mol. The second kappa shape index (κ2) is 12.3. The number of rotatable bonds is 9. The van der Waals surface area contributed by atoms with Crippen LogP contribution in [-0.2, 0) is 9.53 Å². The van der Waals surface area contributed by atoms with E-state index in [2.05, 4.69) is 4.99 Å². The molecule has 2 aromatic heterocycles. The molecule has 0 unspecified atom stereocenters. The number of carboxylic acids is 1. The molecule has 0 saturated carbocycles. The van der Waals surface area contributed by atoms with Gasteiger partial charge in [0, 0.05) is 11.6 Å². The van der Waals surface area contributed by atoms with Gasteiger partial charge in [0.15, 0.2) is 16.3 Å². The lowest BCUT2D eigenvalue weighted by Gasteiger charge is -2.25. The quantitative estimate of drug-likeness (QED) is 0.263. The van der Waals surface area contributed by atoms with Crippen molar-refractivity contribution in [2.24, 2.45) is 4.99 Å². The van der Waals surface area contributed by atoms with E-state index in [1.807, 2.05) is 6.92 Å². The average molecular weight is 623 g/mol. The van der Waals surface area contributed by atoms with Gasteiger partial charge >= 0.3 is 11.9 Å². The van der Waals surface area contributed by atoms with Crippen LogP contribution in [0, 0.1) is 0 Å². The largest absolute Gasteiger partial charge is 0.493 e. The van der Waals surface area contributed by atoms with E-state index in [-0.39, 0.29) is 23.3 Å². The maximum Gasteiger partial charge on any atom is 0.338 e. The van der Waals surface area contributed by atoms with Crippen LogP contribution in [0.25, 0.3) is 17.4 Å². The minimum atomic E-state index is -1.09. The van der Waals surface area contributed by atoms with Crippen molar-refractivity contribution < 1.29 is 33.3 Å². The van der Waals surface area contributed by atoms with E-state index in [1.165, 1.54) is 29.9 Å². The number of aromatic nitrogens is 1. The number of halogens is 1. The lowest BCUT2D eigenvalue weighted by Crippen LogP contribution is -2.39. The summed E-state index contributed by atoms with van der Waals surface area (Å²) < 4.78 is 24.3. The second-order valence-electron chi connectivity index (χ2n) is 9.35. The minimum Gasteiger partial charge on any atom is -0.493 e. The van der Waals surface area contributed by atoms with Gasteiger partial charge in [0.05, 0.1) is 52.8 Å². The zero-order chi connectivity index (χ0) is 30.8. The van der Waals surface area contributed by atoms with E-state index in [1.54, 1.807) is 50.3 Å². The van der Waals surface area contributed by atoms with E-state index in [0.29, 0.717) is 60.8 Å². The van der Waals surface area contributed by atoms with Crippen LogP contribution >= 0.6 is 22.9 Å². The number of aromatic carboxylic acids is 1. The first-order chi connectivity index (χ1) is 20.7. The van der Waals surface area contributed by atoms with Crippen LogP contribution in [0.3, 0.4) is 0 Å². The van der Waals surface area contributed by atoms with Crippen molar-refractivity contribution in [3.63, 3.8) is 0 Å². The number of allylic oxidation sites excluding steroid dienone is 1. The van der Waals surface area contributed by atoms with Crippen molar-refractivity contribution >= 4 is 41.0 Å². The summed E-state index contributed by atoms with van der Waals surface area (Å²) in [5, 5.41) is 9.68. The van der Waals surface area contributed by atoms with Gasteiger partial charge in [0.2, 0.25) is 0 Å². The molecule has 1 N–H and O–H groups in total. The fourth-order valence-corrected chi connectivity index (χ4v) is 6.03. The molecule has 4 aromatic rings. The molecule has 0 fully saturated rings. The Morgan fingerprint density at radius 2 is 1.91 bits per heavy atom. The van der Waals surface area contributed by atoms with Gasteiger partial charge in [-0.05, 0) is 68.8 Å². The molecule has 222 valence electrons. The molecule has 10 nitrogen and oxygen atoms in total. The molecule has 0 aliphatic carbocycles. The number of esters is 1. The number of carboxylic acid groups (broad SMARTS) is 1. The average Bonchev–Trinajstić information content (AvgIpc) is 3.56. The van der Waals surface area contributed by atoms with Crippen molar-refractivity contribution in [1.82, 2.24) is 4.57 Å². The third-order valence-corrected chi connectivity index (χ3v) is 8.01. The first-order valence-corrected chi connectivity index (χ1v) is 14.5. The van der Waals surface area contributed by atoms with Crippen LogP contribution in [0.15, 0.2) is 74.0 Å². The minimum absolute atomic E-state index is 0.0597. The Bertz CT molecular complexity index is 1950. The number of furan rings is 1. The van der Waals surface area contributed by atoms with Gasteiger partial charge in [-0.15, -0.1) is 0 Å². The highest BCUT2D eigenvalue weighted by Crippen LogP contribution is 2.36. The summed E-state index contributed by atoms with van der Waals surface area (Å²) in [4.78, 5) is 43.6. The number of thiazole rings is 1. The molecule has 0 spiro atoms. The Morgan fingerprint density at radius 3 is 2.60 bits per heavy atom. The molecule has 0 bridgehead atoms. The molecule has 1 aliphatic heterocycles. The highest BCUT2D eigenvalue weighted by molar-refractivity contribution is 7.07. The number of carbonyl (C=O) groups is 2. The third kappa shape index (κ3) is 5.73. The zero-order valence-corrected chi connectivity index (χ0v) is 25.2. The number of benzene rings is 2. The normalized spacial score (nSPS) is 14.7. The Hall–Kier alpha value is -4.61. The molecule has 0 radical (unpaired) electrons. The summed E-state index contributed by atoms with van der Waals surface area (Å²) in [6.45, 7) is 5.80. The van der Waals surface area contributed by atoms with Crippen LogP contribution in [0.2, 0.25) is 5.02 Å². The summed E-state index contributed by atoms with van der Waals surface area (Å²) in [6, 6.07) is 12.0. The fourth-order valence-electron chi connectivity index (χ4n) is 4.79. The van der Waals surface area contributed by atoms with Gasteiger partial charge in [0.25, 0.3) is 5.56 Å². The summed E-state index contributed by atoms with van der Waals surface area (Å²) in [6.07, 6.45) is 1.57. The van der Waals surface area contributed by atoms with Crippen molar-refractivity contribution in [2.75, 3.05) is 20.3 Å². The number of hydrogen-bond donors (Lipinski definition) is 1. The van der Waals surface area contributed by atoms with Gasteiger partial charge in [-0.2, -0.15) is 0 Å². The van der Waals surface area contributed by atoms with Crippen LogP contribution in [-0.4, -0.2) is 41.9 Å². The van der Waals surface area contributed by atoms with Gasteiger partial charge < -0.3 is 23.7 Å². The van der Waals surface area contributed by atoms with E-state index >= 15 is 0 Å². The summed E-state index contributed by atoms with van der Waals surface area (Å²) >= 11 is 7.46. The number of carbonyl (C=O) groups excluding carboxylic acids is 1. The first kappa shape index (κ1) is 29.9. The molecule has 5 rings (SSSR count). The highest BCUT2D eigenvalue weighted by Gasteiger charge is 2.34. The van der Waals surface area contributed by atoms with Crippen molar-refractivity contribution in [3.05, 3.63) is 101 Å². The molecule has 43 heavy (non-hydrogen) atoms. The van der Waals surface area contributed by atoms with Crippen molar-refractivity contribution in [2.45, 2.75) is 26.8 Å². The zero-order valence-electron chi connectivity index (χ0n) is 23.7. The molecule has 2 aromatic carbocycles. The summed E-state index contributed by atoms with van der Waals surface area (Å²) in [5.41, 5.74) is 1.36. The number of nitrogens with zero attached hydrogens (tertiary/aromatic N) is 2. The van der Waals surface area contributed by atoms with Gasteiger partial charge in [0.1, 0.15) is 11.5 Å². The van der Waals surface area contributed by atoms with E-state index in [4.69, 9.17) is 30.2 Å². The topological polar surface area (TPSA) is 130 Å². The van der Waals surface area contributed by atoms with Crippen LogP contribution < -0.4 is 24.4 Å². The van der Waals surface area contributed by atoms with E-state index in [9.17, 15) is 19.5 Å². The molecule has 12 heteroatoms. The van der Waals surface area contributed by atoms with Crippen LogP contribution in [0.5, 0.6) is 11.5 Å². The van der Waals surface area contributed by atoms with Gasteiger partial charge in [-0.1, -0.05) is 29.0 Å². The Labute approximate surface area is 254 Å². The lowest BCUT2D eigenvalue weighted by atomic mass is 9.95. The standard InChI is InChI=1S/C31H27ClN2O8S/c1-5-40-24-14-17(8-11-23(24)39-4)27-26(30(38)41-6-2)16(3)33-31-34(27)28(35)25(43-31)15-19-9-12-22(42-19)20-13-18(29(36)37)7-10-21(20)32/h7-15,27H,5-6H2,1-4H3,(H,36,37)/b25-15-/t27-/m0/s1. The van der Waals surface area contributed by atoms with E-state index < -0.39 is 18.0 Å². The number of hydrogen-bond acceptors (Lipinski definition) is 9. The predicted molar refractivity (Wildman–Crippen MR) is 161 cm³/mol. The Kier molecular flexibility index (Phi) is 8.56. The Balaban J connectivity index is 1.65. The molecular formula is C31H27ClN2O8S. The second-order valence-corrected chi connectivity index (χ2v) is 10.8. The maximum absolute atomic E-state index is 13.9. The molecule has 1 aliphatic rings. The van der Waals surface area contributed by atoms with Crippen molar-refractivity contribution in [3.8, 4) is 22.8 Å². The fraction of sp³-hybridized carbons (Fsp3) is 0.226. The molecule has 0 saturated heterocycles. The smallest absolute Gasteiger partial charge is 0.338 e. The van der Waals surface area contributed by atoms with Gasteiger partial charge in [-0.3, -0.25) is 9.36 Å². The Morgan fingerprint density at radius 1 is 1.12 bits per heavy atom. The number of ether oxygens (including phenoxy) is 3. The highest BCUT2D eigenvalue weighted by atomic mass is 35.5. The lowest BCUT2D eigenvalue weighted by molar-refractivity contribution is -0.139. The third-order valence-electron chi connectivity index (χ3n) is 6.70. The van der Waals surface area contributed by atoms with Crippen LogP contribution in [0.1, 0.15) is 48.5 Å². The number of methoxy groups -OCH3 is 1. The molecule has 1 atom stereocenters. The molecule has 3 heterocycles. The van der Waals surface area contributed by atoms with Gasteiger partial charge in [-0.25, -0.2) is 14.6 Å². The maximum atomic E-state index is 13.9. The van der Waals surface area contributed by atoms with Crippen molar-refractivity contribution in [1.29, 1.82) is 0 Å². The summed E-state index contributed by atoms with van der Waals surface area (Å²) in [5.74, 6) is -0.00331. The SMILES string of the molecule is CCOC(=O)C1=C(C)N=c2s/c(=C\c3ccc(-c4cc(C(=O)O)ccc4Cl)o3)c(=O)n2[C@H]1c1ccc(OC)c(OCC)c1. The predicted octanol–water partition coefficient (Wildman–Crippen LogP) is 4.82. The van der Waals surface area contributed by atoms with E-state index in [0.717, 1.165) is 11.3 Å². The summed E-state index contributed by atoms with van der Waals surface area (Å²) in [7, 11) is 1.53. The number of fused-ring (bicyclic) bond motifs is 1. The monoisotopic (exact) mass is 622 g/mol. The molecule has 0 amide bonds. The first-order valence-electron chi connectivity index (χ1n) is 13.3. The van der Waals surface area contributed by atoms with Crippen LogP contribution in [0.4, 0.5) is 0 Å².